The zero-order chi connectivity index (χ0) is 16.9. The number of aryl methyl sites for hydroxylation is 1. The molecular weight excluding hydrogens is 304 g/mol. The normalized spacial score (nSPS) is 18.5. The minimum atomic E-state index is -0.209. The number of benzene rings is 1. The van der Waals surface area contributed by atoms with Gasteiger partial charge in [0.2, 0.25) is 0 Å². The highest BCUT2D eigenvalue weighted by Gasteiger charge is 2.22. The summed E-state index contributed by atoms with van der Waals surface area (Å²) in [5.74, 6) is 1.26. The molecule has 0 aliphatic carbocycles. The second-order valence-electron chi connectivity index (χ2n) is 6.50. The Morgan fingerprint density at radius 3 is 3.04 bits per heavy atom. The molecule has 1 saturated heterocycles. The number of amides is 1. The van der Waals surface area contributed by atoms with Crippen LogP contribution in [0.15, 0.2) is 41.0 Å². The summed E-state index contributed by atoms with van der Waals surface area (Å²) >= 11 is 0. The maximum Gasteiger partial charge on any atom is 0.255 e. The third-order valence-electron chi connectivity index (χ3n) is 4.60. The van der Waals surface area contributed by atoms with E-state index < -0.39 is 0 Å². The van der Waals surface area contributed by atoms with Crippen molar-refractivity contribution in [2.24, 2.45) is 5.92 Å². The third-order valence-corrected chi connectivity index (χ3v) is 4.60. The van der Waals surface area contributed by atoms with Gasteiger partial charge in [-0.2, -0.15) is 0 Å². The molecule has 1 aromatic carbocycles. The average molecular weight is 328 g/mol. The number of nitrogens with zero attached hydrogens (tertiary/aromatic N) is 1. The van der Waals surface area contributed by atoms with E-state index in [4.69, 9.17) is 4.42 Å². The van der Waals surface area contributed by atoms with Crippen molar-refractivity contribution in [3.05, 3.63) is 53.5 Å². The molecule has 2 aromatic rings. The van der Waals surface area contributed by atoms with Crippen molar-refractivity contribution in [1.29, 1.82) is 0 Å². The Morgan fingerprint density at radius 2 is 2.25 bits per heavy atom. The average Bonchev–Trinajstić information content (AvgIpc) is 3.08. The van der Waals surface area contributed by atoms with E-state index in [1.807, 2.05) is 12.1 Å². The Balaban J connectivity index is 1.52. The summed E-state index contributed by atoms with van der Waals surface area (Å²) in [7, 11) is 0. The maximum atomic E-state index is 12.3. The van der Waals surface area contributed by atoms with E-state index in [1.165, 1.54) is 0 Å². The number of rotatable bonds is 5. The first-order chi connectivity index (χ1) is 11.6. The number of furan rings is 1. The highest BCUT2D eigenvalue weighted by atomic mass is 16.3. The molecule has 5 nitrogen and oxygen atoms in total. The van der Waals surface area contributed by atoms with E-state index in [0.717, 1.165) is 38.2 Å². The van der Waals surface area contributed by atoms with Crippen LogP contribution in [0.2, 0.25) is 0 Å². The number of nitrogens with one attached hydrogen (secondary N) is 1. The summed E-state index contributed by atoms with van der Waals surface area (Å²) in [6, 6.07) is 9.13. The number of phenols is 1. The summed E-state index contributed by atoms with van der Waals surface area (Å²) in [5, 5.41) is 13.0. The summed E-state index contributed by atoms with van der Waals surface area (Å²) in [6.07, 6.45) is 3.93. The maximum absolute atomic E-state index is 12.3. The summed E-state index contributed by atoms with van der Waals surface area (Å²) in [4.78, 5) is 14.7. The minimum Gasteiger partial charge on any atom is -0.507 e. The van der Waals surface area contributed by atoms with Gasteiger partial charge in [-0.15, -0.1) is 0 Å². The molecule has 1 amide bonds. The van der Waals surface area contributed by atoms with Crippen molar-refractivity contribution in [3.63, 3.8) is 0 Å². The van der Waals surface area contributed by atoms with Crippen LogP contribution in [-0.4, -0.2) is 35.5 Å². The zero-order valence-electron chi connectivity index (χ0n) is 14.0. The molecule has 1 unspecified atom stereocenters. The van der Waals surface area contributed by atoms with Gasteiger partial charge in [-0.25, -0.2) is 0 Å². The molecule has 1 aromatic heterocycles. The van der Waals surface area contributed by atoms with Crippen LogP contribution in [0, 0.1) is 12.8 Å². The number of phenolic OH excluding ortho intramolecular Hbond substituents is 1. The van der Waals surface area contributed by atoms with Crippen LogP contribution in [0.25, 0.3) is 0 Å². The summed E-state index contributed by atoms with van der Waals surface area (Å²) in [5.41, 5.74) is 1.06. The van der Waals surface area contributed by atoms with Crippen LogP contribution in [0.3, 0.4) is 0 Å². The van der Waals surface area contributed by atoms with Gasteiger partial charge in [0.05, 0.1) is 18.4 Å². The highest BCUT2D eigenvalue weighted by Crippen LogP contribution is 2.22. The van der Waals surface area contributed by atoms with Gasteiger partial charge >= 0.3 is 0 Å². The van der Waals surface area contributed by atoms with Crippen molar-refractivity contribution >= 4 is 5.91 Å². The third kappa shape index (κ3) is 3.97. The topological polar surface area (TPSA) is 65.7 Å². The lowest BCUT2D eigenvalue weighted by atomic mass is 9.97. The molecule has 0 bridgehead atoms. The minimum absolute atomic E-state index is 0.0677. The quantitative estimate of drug-likeness (QED) is 0.886. The lowest BCUT2D eigenvalue weighted by Crippen LogP contribution is -2.40. The van der Waals surface area contributed by atoms with Gasteiger partial charge in [-0.05, 0) is 56.0 Å². The molecule has 24 heavy (non-hydrogen) atoms. The van der Waals surface area contributed by atoms with Crippen LogP contribution in [0.5, 0.6) is 5.75 Å². The van der Waals surface area contributed by atoms with Gasteiger partial charge in [-0.1, -0.05) is 12.1 Å². The Kier molecular flexibility index (Phi) is 5.20. The second kappa shape index (κ2) is 7.53. The van der Waals surface area contributed by atoms with Gasteiger partial charge in [0.15, 0.2) is 0 Å². The number of aromatic hydroxyl groups is 1. The lowest BCUT2D eigenvalue weighted by molar-refractivity contribution is 0.0925. The van der Waals surface area contributed by atoms with Crippen molar-refractivity contribution in [2.75, 3.05) is 19.6 Å². The zero-order valence-corrected chi connectivity index (χ0v) is 14.0. The van der Waals surface area contributed by atoms with E-state index >= 15 is 0 Å². The number of hydrogen-bond acceptors (Lipinski definition) is 4. The van der Waals surface area contributed by atoms with Crippen molar-refractivity contribution in [2.45, 2.75) is 26.3 Å². The first-order valence-electron chi connectivity index (χ1n) is 8.45. The van der Waals surface area contributed by atoms with Gasteiger partial charge in [-0.3, -0.25) is 9.69 Å². The molecule has 0 saturated carbocycles. The van der Waals surface area contributed by atoms with Crippen LogP contribution < -0.4 is 5.32 Å². The van der Waals surface area contributed by atoms with Crippen LogP contribution in [0.1, 0.15) is 34.5 Å². The predicted molar refractivity (Wildman–Crippen MR) is 91.9 cm³/mol. The molecule has 1 aliphatic heterocycles. The molecule has 1 aliphatic rings. The molecular formula is C19H24N2O3. The Morgan fingerprint density at radius 1 is 1.38 bits per heavy atom. The predicted octanol–water partition coefficient (Wildman–Crippen LogP) is 2.94. The lowest BCUT2D eigenvalue weighted by Gasteiger charge is -2.32. The molecule has 1 fully saturated rings. The number of hydrogen-bond donors (Lipinski definition) is 2. The van der Waals surface area contributed by atoms with E-state index in [9.17, 15) is 9.90 Å². The van der Waals surface area contributed by atoms with Gasteiger partial charge in [0, 0.05) is 13.1 Å². The molecule has 0 spiro atoms. The highest BCUT2D eigenvalue weighted by molar-refractivity contribution is 5.97. The molecule has 0 radical (unpaired) electrons. The molecule has 3 rings (SSSR count). The summed E-state index contributed by atoms with van der Waals surface area (Å²) < 4.78 is 5.41. The monoisotopic (exact) mass is 328 g/mol. The van der Waals surface area contributed by atoms with Crippen LogP contribution >= 0.6 is 0 Å². The van der Waals surface area contributed by atoms with Crippen molar-refractivity contribution in [1.82, 2.24) is 10.2 Å². The van der Waals surface area contributed by atoms with Gasteiger partial charge in [0.25, 0.3) is 5.91 Å². The SMILES string of the molecule is Cc1cccc(C(=O)NCC2CCCN(Cc3ccco3)C2)c1O. The molecule has 1 atom stereocenters. The Bertz CT molecular complexity index is 682. The Hall–Kier alpha value is -2.27. The fraction of sp³-hybridized carbons (Fsp3) is 0.421. The number of likely N-dealkylation sites (tertiary alicyclic amines) is 1. The van der Waals surface area contributed by atoms with E-state index in [2.05, 4.69) is 10.2 Å². The van der Waals surface area contributed by atoms with E-state index in [1.54, 1.807) is 31.4 Å². The molecule has 128 valence electrons. The second-order valence-corrected chi connectivity index (χ2v) is 6.50. The smallest absolute Gasteiger partial charge is 0.255 e. The van der Waals surface area contributed by atoms with Crippen molar-refractivity contribution < 1.29 is 14.3 Å². The van der Waals surface area contributed by atoms with Gasteiger partial charge < -0.3 is 14.8 Å². The molecule has 2 heterocycles. The number of carbonyl (C=O) groups excluding carboxylic acids is 1. The standard InChI is InChI=1S/C19H24N2O3/c1-14-5-2-8-17(18(14)22)19(23)20-11-15-6-3-9-21(12-15)13-16-7-4-10-24-16/h2,4-5,7-8,10,15,22H,3,6,9,11-13H2,1H3,(H,20,23). The first kappa shape index (κ1) is 16.6. The van der Waals surface area contributed by atoms with Crippen LogP contribution in [-0.2, 0) is 6.54 Å². The molecule has 2 N–H and O–H groups in total. The summed E-state index contributed by atoms with van der Waals surface area (Å²) in [6.45, 7) is 5.24. The van der Waals surface area contributed by atoms with E-state index in [-0.39, 0.29) is 11.7 Å². The number of para-hydroxylation sites is 1. The van der Waals surface area contributed by atoms with Crippen LogP contribution in [0.4, 0.5) is 0 Å². The fourth-order valence-electron chi connectivity index (χ4n) is 3.26. The van der Waals surface area contributed by atoms with Crippen molar-refractivity contribution in [3.8, 4) is 5.75 Å². The number of carbonyl (C=O) groups is 1. The fourth-order valence-corrected chi connectivity index (χ4v) is 3.26. The molecule has 5 heteroatoms. The van der Waals surface area contributed by atoms with Gasteiger partial charge in [0.1, 0.15) is 11.5 Å². The largest absolute Gasteiger partial charge is 0.507 e. The number of piperidine rings is 1. The first-order valence-corrected chi connectivity index (χ1v) is 8.45. The van der Waals surface area contributed by atoms with E-state index in [0.29, 0.717) is 23.6 Å². The Labute approximate surface area is 142 Å².